The SMILES string of the molecule is CCc1ccccc1NC(=O)CCN(CC)C1CCS(=O)(=O)C1. The molecule has 0 bridgehead atoms. The van der Waals surface area contributed by atoms with Crippen LogP contribution in [0.5, 0.6) is 0 Å². The van der Waals surface area contributed by atoms with Gasteiger partial charge in [0.2, 0.25) is 5.91 Å². The molecule has 128 valence electrons. The predicted octanol–water partition coefficient (Wildman–Crippen LogP) is 2.09. The molecule has 1 heterocycles. The standard InChI is InChI=1S/C17H26N2O3S/c1-3-14-7-5-6-8-16(14)18-17(20)9-11-19(4-2)15-10-12-23(21,22)13-15/h5-8,15H,3-4,9-13H2,1-2H3,(H,18,20). The van der Waals surface area contributed by atoms with E-state index < -0.39 is 9.84 Å². The number of hydrogen-bond acceptors (Lipinski definition) is 4. The van der Waals surface area contributed by atoms with Crippen molar-refractivity contribution in [3.05, 3.63) is 29.8 Å². The van der Waals surface area contributed by atoms with Crippen LogP contribution in [-0.4, -0.2) is 49.9 Å². The number of para-hydroxylation sites is 1. The quantitative estimate of drug-likeness (QED) is 0.827. The van der Waals surface area contributed by atoms with Gasteiger partial charge in [-0.15, -0.1) is 0 Å². The van der Waals surface area contributed by atoms with E-state index in [9.17, 15) is 13.2 Å². The predicted molar refractivity (Wildman–Crippen MR) is 93.4 cm³/mol. The monoisotopic (exact) mass is 338 g/mol. The van der Waals surface area contributed by atoms with E-state index in [-0.39, 0.29) is 23.5 Å². The Kier molecular flexibility index (Phi) is 6.18. The molecule has 0 aliphatic carbocycles. The van der Waals surface area contributed by atoms with E-state index in [0.29, 0.717) is 19.4 Å². The summed E-state index contributed by atoms with van der Waals surface area (Å²) in [4.78, 5) is 14.3. The van der Waals surface area contributed by atoms with Gasteiger partial charge in [-0.2, -0.15) is 0 Å². The number of anilines is 1. The Hall–Kier alpha value is -1.40. The maximum atomic E-state index is 12.2. The van der Waals surface area contributed by atoms with Gasteiger partial charge in [0.15, 0.2) is 9.84 Å². The largest absolute Gasteiger partial charge is 0.326 e. The minimum Gasteiger partial charge on any atom is -0.326 e. The fraction of sp³-hybridized carbons (Fsp3) is 0.588. The number of nitrogens with one attached hydrogen (secondary N) is 1. The van der Waals surface area contributed by atoms with Crippen LogP contribution < -0.4 is 5.32 Å². The number of carbonyl (C=O) groups excluding carboxylic acids is 1. The lowest BCUT2D eigenvalue weighted by molar-refractivity contribution is -0.116. The molecular formula is C17H26N2O3S. The van der Waals surface area contributed by atoms with Crippen LogP contribution in [0.25, 0.3) is 0 Å². The molecule has 0 saturated carbocycles. The van der Waals surface area contributed by atoms with Crippen molar-refractivity contribution >= 4 is 21.4 Å². The first-order chi connectivity index (χ1) is 10.9. The van der Waals surface area contributed by atoms with E-state index in [2.05, 4.69) is 17.1 Å². The van der Waals surface area contributed by atoms with E-state index in [1.165, 1.54) is 0 Å². The molecule has 1 aliphatic heterocycles. The summed E-state index contributed by atoms with van der Waals surface area (Å²) in [6.45, 7) is 5.43. The summed E-state index contributed by atoms with van der Waals surface area (Å²) >= 11 is 0. The van der Waals surface area contributed by atoms with Crippen molar-refractivity contribution in [1.29, 1.82) is 0 Å². The average molecular weight is 338 g/mol. The van der Waals surface area contributed by atoms with Gasteiger partial charge in [0, 0.05) is 24.7 Å². The first-order valence-electron chi connectivity index (χ1n) is 8.27. The second kappa shape index (κ2) is 7.93. The third-order valence-corrected chi connectivity index (χ3v) is 6.18. The third-order valence-electron chi connectivity index (χ3n) is 4.43. The van der Waals surface area contributed by atoms with Crippen molar-refractivity contribution in [3.63, 3.8) is 0 Å². The summed E-state index contributed by atoms with van der Waals surface area (Å²) in [6, 6.07) is 7.86. The van der Waals surface area contributed by atoms with Crippen LogP contribution in [0.15, 0.2) is 24.3 Å². The molecule has 2 rings (SSSR count). The van der Waals surface area contributed by atoms with Crippen LogP contribution in [0.2, 0.25) is 0 Å². The smallest absolute Gasteiger partial charge is 0.225 e. The van der Waals surface area contributed by atoms with E-state index in [1.807, 2.05) is 31.2 Å². The molecule has 1 atom stereocenters. The molecule has 5 nitrogen and oxygen atoms in total. The van der Waals surface area contributed by atoms with E-state index in [1.54, 1.807) is 0 Å². The molecule has 1 unspecified atom stereocenters. The number of hydrogen-bond donors (Lipinski definition) is 1. The van der Waals surface area contributed by atoms with Crippen LogP contribution in [0, 0.1) is 0 Å². The summed E-state index contributed by atoms with van der Waals surface area (Å²) in [7, 11) is -2.89. The van der Waals surface area contributed by atoms with Crippen LogP contribution in [0.3, 0.4) is 0 Å². The van der Waals surface area contributed by atoms with E-state index in [4.69, 9.17) is 0 Å². The Morgan fingerprint density at radius 1 is 1.30 bits per heavy atom. The molecule has 0 spiro atoms. The highest BCUT2D eigenvalue weighted by molar-refractivity contribution is 7.91. The van der Waals surface area contributed by atoms with Crippen LogP contribution >= 0.6 is 0 Å². The highest BCUT2D eigenvalue weighted by Gasteiger charge is 2.31. The number of benzene rings is 1. The van der Waals surface area contributed by atoms with Gasteiger partial charge in [0.25, 0.3) is 0 Å². The zero-order valence-corrected chi connectivity index (χ0v) is 14.7. The van der Waals surface area contributed by atoms with Crippen molar-refractivity contribution in [2.45, 2.75) is 39.2 Å². The molecule has 1 amide bonds. The molecule has 1 fully saturated rings. The Labute approximate surface area is 139 Å². The third kappa shape index (κ3) is 5.04. The van der Waals surface area contributed by atoms with Gasteiger partial charge in [-0.1, -0.05) is 32.0 Å². The lowest BCUT2D eigenvalue weighted by Gasteiger charge is -2.26. The normalized spacial score (nSPS) is 19.9. The average Bonchev–Trinajstić information content (AvgIpc) is 2.88. The Morgan fingerprint density at radius 3 is 2.65 bits per heavy atom. The second-order valence-electron chi connectivity index (χ2n) is 5.99. The van der Waals surface area contributed by atoms with Gasteiger partial charge >= 0.3 is 0 Å². The molecule has 1 saturated heterocycles. The fourth-order valence-corrected chi connectivity index (χ4v) is 4.83. The highest BCUT2D eigenvalue weighted by atomic mass is 32.2. The summed E-state index contributed by atoms with van der Waals surface area (Å²) in [5.41, 5.74) is 1.99. The number of amides is 1. The van der Waals surface area contributed by atoms with Crippen LogP contribution in [0.1, 0.15) is 32.3 Å². The summed E-state index contributed by atoms with van der Waals surface area (Å²) in [5.74, 6) is 0.468. The van der Waals surface area contributed by atoms with Crippen molar-refractivity contribution < 1.29 is 13.2 Å². The molecule has 0 radical (unpaired) electrons. The fourth-order valence-electron chi connectivity index (χ4n) is 3.07. The first kappa shape index (κ1) is 17.9. The molecule has 23 heavy (non-hydrogen) atoms. The van der Waals surface area contributed by atoms with Crippen LogP contribution in [-0.2, 0) is 21.1 Å². The van der Waals surface area contributed by atoms with Gasteiger partial charge in [-0.3, -0.25) is 9.69 Å². The molecule has 1 N–H and O–H groups in total. The molecular weight excluding hydrogens is 312 g/mol. The molecule has 1 aliphatic rings. The number of rotatable bonds is 7. The summed E-state index contributed by atoms with van der Waals surface area (Å²) in [5, 5.41) is 2.96. The van der Waals surface area contributed by atoms with Crippen LogP contribution in [0.4, 0.5) is 5.69 Å². The zero-order chi connectivity index (χ0) is 16.9. The van der Waals surface area contributed by atoms with Gasteiger partial charge in [0.1, 0.15) is 0 Å². The van der Waals surface area contributed by atoms with Gasteiger partial charge in [-0.25, -0.2) is 8.42 Å². The Morgan fingerprint density at radius 2 is 2.04 bits per heavy atom. The van der Waals surface area contributed by atoms with E-state index >= 15 is 0 Å². The number of aryl methyl sites for hydroxylation is 1. The molecule has 1 aromatic carbocycles. The van der Waals surface area contributed by atoms with Crippen molar-refractivity contribution in [1.82, 2.24) is 4.90 Å². The maximum Gasteiger partial charge on any atom is 0.225 e. The topological polar surface area (TPSA) is 66.5 Å². The first-order valence-corrected chi connectivity index (χ1v) is 10.1. The molecule has 6 heteroatoms. The van der Waals surface area contributed by atoms with Gasteiger partial charge in [0.05, 0.1) is 11.5 Å². The van der Waals surface area contributed by atoms with Gasteiger partial charge in [-0.05, 0) is 31.0 Å². The minimum atomic E-state index is -2.89. The Bertz CT molecular complexity index is 643. The second-order valence-corrected chi connectivity index (χ2v) is 8.22. The highest BCUT2D eigenvalue weighted by Crippen LogP contribution is 2.19. The molecule has 0 aromatic heterocycles. The van der Waals surface area contributed by atoms with Gasteiger partial charge < -0.3 is 5.32 Å². The van der Waals surface area contributed by atoms with E-state index in [0.717, 1.165) is 24.2 Å². The lowest BCUT2D eigenvalue weighted by Crippen LogP contribution is -2.38. The van der Waals surface area contributed by atoms with Crippen molar-refractivity contribution in [2.75, 3.05) is 29.9 Å². The number of sulfone groups is 1. The summed E-state index contributed by atoms with van der Waals surface area (Å²) in [6.07, 6.45) is 1.93. The number of carbonyl (C=O) groups is 1. The maximum absolute atomic E-state index is 12.2. The zero-order valence-electron chi connectivity index (χ0n) is 13.9. The summed E-state index contributed by atoms with van der Waals surface area (Å²) < 4.78 is 23.2. The lowest BCUT2D eigenvalue weighted by atomic mass is 10.1. The minimum absolute atomic E-state index is 0.0230. The number of nitrogens with zero attached hydrogens (tertiary/aromatic N) is 1. The Balaban J connectivity index is 1.88. The molecule has 1 aromatic rings. The van der Waals surface area contributed by atoms with Crippen molar-refractivity contribution in [3.8, 4) is 0 Å². The van der Waals surface area contributed by atoms with Crippen molar-refractivity contribution in [2.24, 2.45) is 0 Å².